The number of hydrogen-bond acceptors (Lipinski definition) is 2. The highest BCUT2D eigenvalue weighted by molar-refractivity contribution is 5.41. The Morgan fingerprint density at radius 1 is 1.44 bits per heavy atom. The Bertz CT molecular complexity index is 382. The fraction of sp³-hybridized carbons (Fsp3) is 0.571. The van der Waals surface area contributed by atoms with Gasteiger partial charge < -0.3 is 9.84 Å². The minimum Gasteiger partial charge on any atom is -0.490 e. The molecular weight excluding hydrogens is 200 g/mol. The molecule has 1 aliphatic heterocycles. The van der Waals surface area contributed by atoms with Crippen LogP contribution in [0.2, 0.25) is 0 Å². The van der Waals surface area contributed by atoms with E-state index in [0.29, 0.717) is 6.10 Å². The third kappa shape index (κ3) is 2.07. The van der Waals surface area contributed by atoms with E-state index in [9.17, 15) is 5.11 Å². The maximum atomic E-state index is 9.36. The van der Waals surface area contributed by atoms with Crippen LogP contribution in [0.5, 0.6) is 5.75 Å². The molecule has 0 radical (unpaired) electrons. The van der Waals surface area contributed by atoms with E-state index in [2.05, 4.69) is 32.9 Å². The second kappa shape index (κ2) is 4.10. The van der Waals surface area contributed by atoms with Crippen LogP contribution in [0.15, 0.2) is 18.2 Å². The molecule has 0 bridgehead atoms. The molecule has 0 saturated heterocycles. The normalized spacial score (nSPS) is 20.1. The number of hydrogen-bond donors (Lipinski definition) is 1. The molecule has 1 N–H and O–H groups in total. The number of aliphatic hydroxyl groups excluding tert-OH is 1. The second-order valence-corrected chi connectivity index (χ2v) is 5.33. The molecule has 16 heavy (non-hydrogen) atoms. The highest BCUT2D eigenvalue weighted by atomic mass is 16.5. The maximum absolute atomic E-state index is 9.36. The van der Waals surface area contributed by atoms with Gasteiger partial charge in [0.1, 0.15) is 5.75 Å². The summed E-state index contributed by atoms with van der Waals surface area (Å²) in [5.74, 6) is 1.01. The minimum atomic E-state index is -0.169. The van der Waals surface area contributed by atoms with E-state index >= 15 is 0 Å². The number of aliphatic hydroxyl groups is 1. The van der Waals surface area contributed by atoms with Gasteiger partial charge in [0.15, 0.2) is 0 Å². The van der Waals surface area contributed by atoms with Gasteiger partial charge in [-0.1, -0.05) is 26.0 Å². The Morgan fingerprint density at radius 3 is 2.88 bits per heavy atom. The van der Waals surface area contributed by atoms with E-state index in [1.165, 1.54) is 11.1 Å². The zero-order valence-electron chi connectivity index (χ0n) is 10.3. The van der Waals surface area contributed by atoms with Gasteiger partial charge in [-0.3, -0.25) is 0 Å². The number of rotatable bonds is 2. The summed E-state index contributed by atoms with van der Waals surface area (Å²) in [6, 6.07) is 6.28. The summed E-state index contributed by atoms with van der Waals surface area (Å²) in [6.45, 7) is 6.39. The van der Waals surface area contributed by atoms with E-state index < -0.39 is 0 Å². The third-order valence-corrected chi connectivity index (χ3v) is 3.39. The van der Waals surface area contributed by atoms with E-state index in [0.717, 1.165) is 18.6 Å². The summed E-state index contributed by atoms with van der Waals surface area (Å²) in [5.41, 5.74) is 2.29. The van der Waals surface area contributed by atoms with Crippen molar-refractivity contribution < 1.29 is 9.84 Å². The number of benzene rings is 1. The average molecular weight is 220 g/mol. The predicted octanol–water partition coefficient (Wildman–Crippen LogP) is 2.67. The first kappa shape index (κ1) is 11.5. The number of aryl methyl sites for hydroxylation is 1. The number of ether oxygens (including phenoxy) is 1. The van der Waals surface area contributed by atoms with Gasteiger partial charge >= 0.3 is 0 Å². The summed E-state index contributed by atoms with van der Waals surface area (Å²) < 4.78 is 5.77. The third-order valence-electron chi connectivity index (χ3n) is 3.39. The molecule has 0 fully saturated rings. The summed E-state index contributed by atoms with van der Waals surface area (Å²) in [4.78, 5) is 0. The Kier molecular flexibility index (Phi) is 2.94. The lowest BCUT2D eigenvalue weighted by Gasteiger charge is -2.27. The van der Waals surface area contributed by atoms with Crippen molar-refractivity contribution in [1.82, 2.24) is 0 Å². The van der Waals surface area contributed by atoms with Gasteiger partial charge in [-0.2, -0.15) is 0 Å². The van der Waals surface area contributed by atoms with Crippen molar-refractivity contribution in [3.05, 3.63) is 29.3 Å². The summed E-state index contributed by atoms with van der Waals surface area (Å²) >= 11 is 0. The first-order valence-corrected chi connectivity index (χ1v) is 5.94. The van der Waals surface area contributed by atoms with Crippen LogP contribution >= 0.6 is 0 Å². The molecular formula is C14H20O2. The highest BCUT2D eigenvalue weighted by Crippen LogP contribution is 2.32. The lowest BCUT2D eigenvalue weighted by molar-refractivity contribution is 0.191. The van der Waals surface area contributed by atoms with Gasteiger partial charge in [0.05, 0.1) is 12.7 Å². The van der Waals surface area contributed by atoms with Crippen molar-refractivity contribution in [2.24, 2.45) is 0 Å². The van der Waals surface area contributed by atoms with E-state index in [1.807, 2.05) is 6.07 Å². The first-order chi connectivity index (χ1) is 7.53. The van der Waals surface area contributed by atoms with E-state index in [4.69, 9.17) is 4.74 Å². The van der Waals surface area contributed by atoms with Crippen molar-refractivity contribution in [1.29, 1.82) is 0 Å². The maximum Gasteiger partial charge on any atom is 0.122 e. The first-order valence-electron chi connectivity index (χ1n) is 5.94. The molecule has 1 aromatic carbocycles. The Morgan fingerprint density at radius 2 is 2.19 bits per heavy atom. The average Bonchev–Trinajstić information content (AvgIpc) is 2.28. The summed E-state index contributed by atoms with van der Waals surface area (Å²) in [5, 5.41) is 9.36. The Labute approximate surface area is 97.3 Å². The molecule has 0 amide bonds. The molecule has 0 aliphatic carbocycles. The standard InChI is InChI=1S/C14H20O2/c1-10-4-5-11-8-12(14(2,3)9-15)6-7-13(11)16-10/h6-8,10,15H,4-5,9H2,1-3H3. The zero-order chi connectivity index (χ0) is 11.8. The number of fused-ring (bicyclic) bond motifs is 1. The van der Waals surface area contributed by atoms with Gasteiger partial charge in [0.25, 0.3) is 0 Å². The van der Waals surface area contributed by atoms with Gasteiger partial charge in [-0.15, -0.1) is 0 Å². The quantitative estimate of drug-likeness (QED) is 0.830. The molecule has 1 heterocycles. The van der Waals surface area contributed by atoms with Crippen molar-refractivity contribution in [2.75, 3.05) is 6.61 Å². The van der Waals surface area contributed by atoms with Gasteiger partial charge in [0, 0.05) is 5.41 Å². The van der Waals surface area contributed by atoms with Crippen LogP contribution in [-0.4, -0.2) is 17.8 Å². The molecule has 1 aromatic rings. The van der Waals surface area contributed by atoms with Crippen LogP contribution in [0.3, 0.4) is 0 Å². The molecule has 88 valence electrons. The molecule has 1 aliphatic rings. The van der Waals surface area contributed by atoms with Crippen LogP contribution in [0, 0.1) is 0 Å². The Hall–Kier alpha value is -1.02. The molecule has 0 saturated carbocycles. The van der Waals surface area contributed by atoms with Crippen LogP contribution < -0.4 is 4.74 Å². The molecule has 0 aromatic heterocycles. The molecule has 2 heteroatoms. The van der Waals surface area contributed by atoms with Crippen molar-refractivity contribution in [2.45, 2.75) is 45.1 Å². The van der Waals surface area contributed by atoms with Crippen molar-refractivity contribution >= 4 is 0 Å². The van der Waals surface area contributed by atoms with E-state index in [1.54, 1.807) is 0 Å². The van der Waals surface area contributed by atoms with Crippen LogP contribution in [0.25, 0.3) is 0 Å². The van der Waals surface area contributed by atoms with Crippen LogP contribution in [0.4, 0.5) is 0 Å². The largest absolute Gasteiger partial charge is 0.490 e. The monoisotopic (exact) mass is 220 g/mol. The predicted molar refractivity (Wildman–Crippen MR) is 65.0 cm³/mol. The fourth-order valence-corrected chi connectivity index (χ4v) is 2.04. The Balaban J connectivity index is 2.33. The molecule has 0 spiro atoms. The van der Waals surface area contributed by atoms with Gasteiger partial charge in [0.2, 0.25) is 0 Å². The summed E-state index contributed by atoms with van der Waals surface area (Å²) in [7, 11) is 0. The molecule has 1 unspecified atom stereocenters. The van der Waals surface area contributed by atoms with Gasteiger partial charge in [-0.05, 0) is 37.0 Å². The highest BCUT2D eigenvalue weighted by Gasteiger charge is 2.22. The molecule has 1 atom stereocenters. The molecule has 2 nitrogen and oxygen atoms in total. The zero-order valence-corrected chi connectivity index (χ0v) is 10.3. The summed E-state index contributed by atoms with van der Waals surface area (Å²) in [6.07, 6.45) is 2.48. The van der Waals surface area contributed by atoms with Crippen molar-refractivity contribution in [3.63, 3.8) is 0 Å². The van der Waals surface area contributed by atoms with E-state index in [-0.39, 0.29) is 12.0 Å². The van der Waals surface area contributed by atoms with Crippen LogP contribution in [-0.2, 0) is 11.8 Å². The SMILES string of the molecule is CC1CCc2cc(C(C)(C)CO)ccc2O1. The second-order valence-electron chi connectivity index (χ2n) is 5.33. The fourth-order valence-electron chi connectivity index (χ4n) is 2.04. The van der Waals surface area contributed by atoms with Crippen LogP contribution in [0.1, 0.15) is 38.3 Å². The lowest BCUT2D eigenvalue weighted by atomic mass is 9.84. The topological polar surface area (TPSA) is 29.5 Å². The van der Waals surface area contributed by atoms with Crippen molar-refractivity contribution in [3.8, 4) is 5.75 Å². The lowest BCUT2D eigenvalue weighted by Crippen LogP contribution is -2.24. The van der Waals surface area contributed by atoms with Gasteiger partial charge in [-0.25, -0.2) is 0 Å². The molecule has 2 rings (SSSR count). The minimum absolute atomic E-state index is 0.169. The smallest absolute Gasteiger partial charge is 0.122 e.